The minimum Gasteiger partial charge on any atom is -0.352 e. The number of rotatable bonds is 7. The molecule has 0 radical (unpaired) electrons. The van der Waals surface area contributed by atoms with Crippen molar-refractivity contribution in [1.82, 2.24) is 25.5 Å². The summed E-state index contributed by atoms with van der Waals surface area (Å²) >= 11 is 1.60. The number of hydrogen-bond donors (Lipinski definition) is 2. The number of aromatic amines is 1. The van der Waals surface area contributed by atoms with Crippen LogP contribution < -0.4 is 5.32 Å². The molecule has 0 saturated carbocycles. The van der Waals surface area contributed by atoms with Crippen molar-refractivity contribution in [2.45, 2.75) is 17.2 Å². The molecule has 4 aromatic rings. The molecule has 2 heterocycles. The fourth-order valence-corrected chi connectivity index (χ4v) is 3.79. The minimum atomic E-state index is -0.0537. The van der Waals surface area contributed by atoms with Crippen LogP contribution in [0, 0.1) is 0 Å². The Bertz CT molecular complexity index is 1080. The van der Waals surface area contributed by atoms with E-state index >= 15 is 0 Å². The van der Waals surface area contributed by atoms with Crippen molar-refractivity contribution in [1.29, 1.82) is 0 Å². The van der Waals surface area contributed by atoms with E-state index in [0.29, 0.717) is 17.9 Å². The van der Waals surface area contributed by atoms with Gasteiger partial charge >= 0.3 is 0 Å². The third-order valence-electron chi connectivity index (χ3n) is 4.32. The van der Waals surface area contributed by atoms with E-state index in [-0.39, 0.29) is 5.91 Å². The third kappa shape index (κ3) is 4.37. The van der Waals surface area contributed by atoms with Crippen molar-refractivity contribution >= 4 is 28.7 Å². The van der Waals surface area contributed by atoms with Gasteiger partial charge in [0.1, 0.15) is 11.4 Å². The van der Waals surface area contributed by atoms with Crippen LogP contribution in [-0.2, 0) is 12.2 Å². The third-order valence-corrected chi connectivity index (χ3v) is 5.39. The minimum absolute atomic E-state index is 0.0537. The van der Waals surface area contributed by atoms with Gasteiger partial charge in [0.05, 0.1) is 11.6 Å². The van der Waals surface area contributed by atoms with Crippen LogP contribution in [0.1, 0.15) is 21.5 Å². The van der Waals surface area contributed by atoms with Gasteiger partial charge in [-0.1, -0.05) is 42.5 Å². The van der Waals surface area contributed by atoms with Gasteiger partial charge in [-0.25, -0.2) is 9.97 Å². The second-order valence-corrected chi connectivity index (χ2v) is 7.26. The van der Waals surface area contributed by atoms with E-state index in [2.05, 4.69) is 37.6 Å². The summed E-state index contributed by atoms with van der Waals surface area (Å²) in [5, 5.41) is 11.6. The molecule has 0 fully saturated rings. The van der Waals surface area contributed by atoms with E-state index in [9.17, 15) is 4.79 Å². The second kappa shape index (κ2) is 8.67. The number of carbonyl (C=O) groups excluding carboxylic acids is 1. The number of hydrogen-bond acceptors (Lipinski definition) is 5. The Balaban J connectivity index is 1.36. The van der Waals surface area contributed by atoms with E-state index in [1.807, 2.05) is 42.5 Å². The first-order chi connectivity index (χ1) is 13.8. The van der Waals surface area contributed by atoms with Crippen molar-refractivity contribution in [2.24, 2.45) is 0 Å². The summed E-state index contributed by atoms with van der Waals surface area (Å²) in [6, 6.07) is 17.8. The molecule has 6 nitrogen and oxygen atoms in total. The lowest BCUT2D eigenvalue weighted by molar-refractivity contribution is 0.0954. The van der Waals surface area contributed by atoms with E-state index in [1.54, 1.807) is 18.0 Å². The number of amides is 1. The topological polar surface area (TPSA) is 83.6 Å². The number of benzene rings is 2. The van der Waals surface area contributed by atoms with Crippen molar-refractivity contribution in [3.8, 4) is 0 Å². The van der Waals surface area contributed by atoms with E-state index in [4.69, 9.17) is 0 Å². The van der Waals surface area contributed by atoms with E-state index in [0.717, 1.165) is 28.0 Å². The molecular weight excluding hydrogens is 370 g/mol. The first-order valence-corrected chi connectivity index (χ1v) is 9.96. The molecule has 0 aliphatic rings. The molecule has 0 aliphatic carbocycles. The average Bonchev–Trinajstić information content (AvgIpc) is 3.23. The van der Waals surface area contributed by atoms with Crippen LogP contribution in [0.2, 0.25) is 0 Å². The van der Waals surface area contributed by atoms with E-state index in [1.165, 1.54) is 11.9 Å². The van der Waals surface area contributed by atoms with Gasteiger partial charge in [0, 0.05) is 17.9 Å². The smallest absolute Gasteiger partial charge is 0.251 e. The molecule has 0 bridgehead atoms. The zero-order chi connectivity index (χ0) is 19.2. The Kier molecular flexibility index (Phi) is 5.63. The van der Waals surface area contributed by atoms with Gasteiger partial charge in [-0.2, -0.15) is 5.10 Å². The molecule has 1 amide bonds. The highest BCUT2D eigenvalue weighted by molar-refractivity contribution is 7.98. The highest BCUT2D eigenvalue weighted by Crippen LogP contribution is 2.26. The Labute approximate surface area is 166 Å². The molecule has 28 heavy (non-hydrogen) atoms. The molecule has 7 heteroatoms. The zero-order valence-electron chi connectivity index (χ0n) is 15.1. The first kappa shape index (κ1) is 18.2. The lowest BCUT2D eigenvalue weighted by atomic mass is 10.1. The van der Waals surface area contributed by atoms with Crippen molar-refractivity contribution < 1.29 is 4.79 Å². The van der Waals surface area contributed by atoms with Crippen LogP contribution in [-0.4, -0.2) is 32.6 Å². The molecule has 140 valence electrons. The Morgan fingerprint density at radius 1 is 1.04 bits per heavy atom. The molecule has 0 saturated heterocycles. The molecule has 2 aromatic heterocycles. The van der Waals surface area contributed by atoms with Crippen molar-refractivity contribution in [2.75, 3.05) is 6.54 Å². The summed E-state index contributed by atoms with van der Waals surface area (Å²) in [6.45, 7) is 0.612. The second-order valence-electron chi connectivity index (χ2n) is 6.29. The van der Waals surface area contributed by atoms with Crippen LogP contribution in [0.3, 0.4) is 0 Å². The summed E-state index contributed by atoms with van der Waals surface area (Å²) in [7, 11) is 0. The van der Waals surface area contributed by atoms with Crippen molar-refractivity contribution in [3.63, 3.8) is 0 Å². The van der Waals surface area contributed by atoms with Gasteiger partial charge in [-0.15, -0.1) is 11.8 Å². The SMILES string of the molecule is O=C(NCCc1ccccc1)c1cccc(CSc2ncnc3[nH]ncc23)c1. The van der Waals surface area contributed by atoms with E-state index < -0.39 is 0 Å². The molecule has 2 aromatic carbocycles. The highest BCUT2D eigenvalue weighted by Gasteiger charge is 2.09. The van der Waals surface area contributed by atoms with Gasteiger partial charge in [-0.05, 0) is 29.7 Å². The summed E-state index contributed by atoms with van der Waals surface area (Å²) in [5.41, 5.74) is 3.67. The number of H-pyrrole nitrogens is 1. The Morgan fingerprint density at radius 2 is 1.89 bits per heavy atom. The standard InChI is InChI=1S/C21H19N5OS/c27-20(22-10-9-15-5-2-1-3-6-15)17-8-4-7-16(11-17)13-28-21-18-12-25-26-19(18)23-14-24-21/h1-8,11-12,14H,9-10,13H2,(H,22,27)(H,23,24,25,26). The first-order valence-electron chi connectivity index (χ1n) is 8.97. The number of nitrogens with zero attached hydrogens (tertiary/aromatic N) is 3. The summed E-state index contributed by atoms with van der Waals surface area (Å²) in [6.07, 6.45) is 4.07. The molecule has 0 atom stereocenters. The number of carbonyl (C=O) groups is 1. The quantitative estimate of drug-likeness (QED) is 0.373. The van der Waals surface area contributed by atoms with Gasteiger partial charge in [0.15, 0.2) is 5.65 Å². The number of fused-ring (bicyclic) bond motifs is 1. The van der Waals surface area contributed by atoms with Gasteiger partial charge in [0.2, 0.25) is 0 Å². The lowest BCUT2D eigenvalue weighted by Crippen LogP contribution is -2.25. The monoisotopic (exact) mass is 389 g/mol. The fourth-order valence-electron chi connectivity index (χ4n) is 2.88. The van der Waals surface area contributed by atoms with Crippen molar-refractivity contribution in [3.05, 3.63) is 83.8 Å². The molecular formula is C21H19N5OS. The molecule has 4 rings (SSSR count). The molecule has 0 unspecified atom stereocenters. The maximum atomic E-state index is 12.5. The Hall–Kier alpha value is -3.19. The van der Waals surface area contributed by atoms with Gasteiger partial charge in [0.25, 0.3) is 5.91 Å². The van der Waals surface area contributed by atoms with Crippen LogP contribution in [0.25, 0.3) is 11.0 Å². The normalized spacial score (nSPS) is 10.9. The summed E-state index contributed by atoms with van der Waals surface area (Å²) in [4.78, 5) is 20.9. The maximum Gasteiger partial charge on any atom is 0.251 e. The summed E-state index contributed by atoms with van der Waals surface area (Å²) < 4.78 is 0. The number of nitrogens with one attached hydrogen (secondary N) is 2. The van der Waals surface area contributed by atoms with Crippen LogP contribution >= 0.6 is 11.8 Å². The molecule has 0 spiro atoms. The molecule has 2 N–H and O–H groups in total. The lowest BCUT2D eigenvalue weighted by Gasteiger charge is -2.07. The zero-order valence-corrected chi connectivity index (χ0v) is 15.9. The van der Waals surface area contributed by atoms with Crippen LogP contribution in [0.15, 0.2) is 72.1 Å². The van der Waals surface area contributed by atoms with Gasteiger partial charge < -0.3 is 5.32 Å². The number of thioether (sulfide) groups is 1. The van der Waals surface area contributed by atoms with Crippen LogP contribution in [0.5, 0.6) is 0 Å². The predicted octanol–water partition coefficient (Wildman–Crippen LogP) is 3.62. The number of aromatic nitrogens is 4. The highest BCUT2D eigenvalue weighted by atomic mass is 32.2. The maximum absolute atomic E-state index is 12.5. The fraction of sp³-hybridized carbons (Fsp3) is 0.143. The largest absolute Gasteiger partial charge is 0.352 e. The Morgan fingerprint density at radius 3 is 2.79 bits per heavy atom. The average molecular weight is 389 g/mol. The van der Waals surface area contributed by atoms with Crippen LogP contribution in [0.4, 0.5) is 0 Å². The predicted molar refractivity (Wildman–Crippen MR) is 110 cm³/mol. The van der Waals surface area contributed by atoms with Gasteiger partial charge in [-0.3, -0.25) is 9.89 Å². The summed E-state index contributed by atoms with van der Waals surface area (Å²) in [5.74, 6) is 0.657. The molecule has 0 aliphatic heterocycles.